The van der Waals surface area contributed by atoms with Crippen molar-refractivity contribution in [1.82, 2.24) is 0 Å². The molecule has 0 aliphatic heterocycles. The van der Waals surface area contributed by atoms with E-state index in [-0.39, 0.29) is 0 Å². The maximum absolute atomic E-state index is 11.9. The lowest BCUT2D eigenvalue weighted by atomic mass is 9.47. The summed E-state index contributed by atoms with van der Waals surface area (Å²) in [5.74, 6) is 3.76. The van der Waals surface area contributed by atoms with Gasteiger partial charge in [0.1, 0.15) is 0 Å². The van der Waals surface area contributed by atoms with Crippen LogP contribution in [0.25, 0.3) is 0 Å². The largest absolute Gasteiger partial charge is 0.396 e. The number of aliphatic hydroxyl groups is 1. The van der Waals surface area contributed by atoms with Crippen LogP contribution in [0.3, 0.4) is 0 Å². The van der Waals surface area contributed by atoms with Gasteiger partial charge in [-0.1, -0.05) is 19.4 Å². The Morgan fingerprint density at radius 2 is 1.92 bits per heavy atom. The average Bonchev–Trinajstić information content (AvgIpc) is 2.90. The Bertz CT molecular complexity index is 550. The predicted molar refractivity (Wildman–Crippen MR) is 96.5 cm³/mol. The quantitative estimate of drug-likeness (QED) is 0.798. The molecular formula is C22H34O2. The molecule has 0 saturated heterocycles. The SMILES string of the molecule is C[C@]12CCC(=O)C=C1CC[C@@H]1[C@H]2CC[C@]2(C)C(CCCO)CC[C@@H]12. The van der Waals surface area contributed by atoms with Gasteiger partial charge in [0.25, 0.3) is 0 Å². The van der Waals surface area contributed by atoms with Crippen molar-refractivity contribution in [2.45, 2.75) is 78.1 Å². The number of allylic oxidation sites excluding steroid dienone is 1. The third kappa shape index (κ3) is 2.35. The molecule has 0 amide bonds. The molecule has 0 bridgehead atoms. The van der Waals surface area contributed by atoms with Gasteiger partial charge >= 0.3 is 0 Å². The Morgan fingerprint density at radius 1 is 1.08 bits per heavy atom. The van der Waals surface area contributed by atoms with Gasteiger partial charge in [0.2, 0.25) is 0 Å². The minimum absolute atomic E-state index is 0.307. The molecule has 4 rings (SSSR count). The van der Waals surface area contributed by atoms with E-state index in [1.54, 1.807) is 0 Å². The molecule has 0 aromatic rings. The minimum Gasteiger partial charge on any atom is -0.396 e. The van der Waals surface area contributed by atoms with Crippen molar-refractivity contribution in [1.29, 1.82) is 0 Å². The molecule has 6 atom stereocenters. The zero-order valence-corrected chi connectivity index (χ0v) is 15.5. The molecule has 2 nitrogen and oxygen atoms in total. The van der Waals surface area contributed by atoms with E-state index >= 15 is 0 Å². The van der Waals surface area contributed by atoms with Crippen LogP contribution in [0, 0.1) is 34.5 Å². The van der Waals surface area contributed by atoms with Gasteiger partial charge in [-0.2, -0.15) is 0 Å². The van der Waals surface area contributed by atoms with Crippen LogP contribution in [0.5, 0.6) is 0 Å². The summed E-state index contributed by atoms with van der Waals surface area (Å²) < 4.78 is 0. The molecule has 0 aromatic heterocycles. The highest BCUT2D eigenvalue weighted by Gasteiger charge is 2.58. The number of rotatable bonds is 3. The van der Waals surface area contributed by atoms with Crippen molar-refractivity contribution in [3.8, 4) is 0 Å². The third-order valence-electron chi connectivity index (χ3n) is 8.87. The molecule has 3 fully saturated rings. The lowest BCUT2D eigenvalue weighted by molar-refractivity contribution is -0.117. The normalized spacial score (nSPS) is 47.6. The van der Waals surface area contributed by atoms with E-state index in [0.717, 1.165) is 49.4 Å². The minimum atomic E-state index is 0.307. The van der Waals surface area contributed by atoms with E-state index in [2.05, 4.69) is 13.8 Å². The van der Waals surface area contributed by atoms with Gasteiger partial charge in [-0.15, -0.1) is 0 Å². The third-order valence-corrected chi connectivity index (χ3v) is 8.87. The fraction of sp³-hybridized carbons (Fsp3) is 0.864. The Labute approximate surface area is 147 Å². The molecular weight excluding hydrogens is 296 g/mol. The number of ketones is 1. The molecule has 24 heavy (non-hydrogen) atoms. The van der Waals surface area contributed by atoms with E-state index < -0.39 is 0 Å². The second-order valence-corrected chi connectivity index (χ2v) is 9.65. The zero-order chi connectivity index (χ0) is 16.9. The van der Waals surface area contributed by atoms with Crippen LogP contribution in [-0.2, 0) is 4.79 Å². The van der Waals surface area contributed by atoms with Gasteiger partial charge in [0, 0.05) is 13.0 Å². The number of carbonyl (C=O) groups is 1. The van der Waals surface area contributed by atoms with Gasteiger partial charge in [-0.25, -0.2) is 0 Å². The first-order chi connectivity index (χ1) is 11.5. The Balaban J connectivity index is 1.59. The molecule has 3 saturated carbocycles. The first kappa shape index (κ1) is 16.8. The van der Waals surface area contributed by atoms with Gasteiger partial charge < -0.3 is 5.11 Å². The Kier molecular flexibility index (Phi) is 4.18. The number of fused-ring (bicyclic) bond motifs is 5. The van der Waals surface area contributed by atoms with Crippen molar-refractivity contribution in [2.75, 3.05) is 6.61 Å². The molecule has 4 aliphatic carbocycles. The van der Waals surface area contributed by atoms with Crippen LogP contribution in [-0.4, -0.2) is 17.5 Å². The predicted octanol–water partition coefficient (Wildman–Crippen LogP) is 4.91. The summed E-state index contributed by atoms with van der Waals surface area (Å²) in [6.07, 6.45) is 14.1. The summed E-state index contributed by atoms with van der Waals surface area (Å²) in [5.41, 5.74) is 2.30. The molecule has 2 heteroatoms. The monoisotopic (exact) mass is 330 g/mol. The van der Waals surface area contributed by atoms with Gasteiger partial charge in [-0.3, -0.25) is 4.79 Å². The van der Waals surface area contributed by atoms with E-state index in [0.29, 0.717) is 23.2 Å². The molecule has 0 heterocycles. The summed E-state index contributed by atoms with van der Waals surface area (Å²) in [6.45, 7) is 5.40. The maximum Gasteiger partial charge on any atom is 0.155 e. The van der Waals surface area contributed by atoms with Crippen molar-refractivity contribution in [3.63, 3.8) is 0 Å². The fourth-order valence-electron chi connectivity index (χ4n) is 7.48. The highest BCUT2D eigenvalue weighted by atomic mass is 16.2. The van der Waals surface area contributed by atoms with Crippen LogP contribution in [0.2, 0.25) is 0 Å². The molecule has 1 N–H and O–H groups in total. The molecule has 0 spiro atoms. The van der Waals surface area contributed by atoms with Crippen molar-refractivity contribution >= 4 is 5.78 Å². The van der Waals surface area contributed by atoms with E-state index in [4.69, 9.17) is 0 Å². The second kappa shape index (κ2) is 5.97. The lowest BCUT2D eigenvalue weighted by Crippen LogP contribution is -2.50. The Hall–Kier alpha value is -0.630. The molecule has 4 aliphatic rings. The van der Waals surface area contributed by atoms with E-state index in [1.165, 1.54) is 44.1 Å². The molecule has 0 aromatic carbocycles. The van der Waals surface area contributed by atoms with Crippen molar-refractivity contribution < 1.29 is 9.90 Å². The highest BCUT2D eigenvalue weighted by molar-refractivity contribution is 5.91. The fourth-order valence-corrected chi connectivity index (χ4v) is 7.48. The summed E-state index contributed by atoms with van der Waals surface area (Å²) in [5, 5.41) is 9.24. The summed E-state index contributed by atoms with van der Waals surface area (Å²) in [7, 11) is 0. The van der Waals surface area contributed by atoms with Crippen LogP contribution in [0.1, 0.15) is 78.1 Å². The van der Waals surface area contributed by atoms with Crippen LogP contribution in [0.15, 0.2) is 11.6 Å². The number of aliphatic hydroxyl groups excluding tert-OH is 1. The van der Waals surface area contributed by atoms with Gasteiger partial charge in [0.15, 0.2) is 5.78 Å². The number of hydrogen-bond acceptors (Lipinski definition) is 2. The Morgan fingerprint density at radius 3 is 2.71 bits per heavy atom. The average molecular weight is 331 g/mol. The number of hydrogen-bond donors (Lipinski definition) is 1. The maximum atomic E-state index is 11.9. The van der Waals surface area contributed by atoms with E-state index in [1.807, 2.05) is 6.08 Å². The second-order valence-electron chi connectivity index (χ2n) is 9.65. The summed E-state index contributed by atoms with van der Waals surface area (Å²) in [6, 6.07) is 0. The first-order valence-corrected chi connectivity index (χ1v) is 10.3. The van der Waals surface area contributed by atoms with Crippen LogP contribution in [0.4, 0.5) is 0 Å². The number of carbonyl (C=O) groups excluding carboxylic acids is 1. The van der Waals surface area contributed by atoms with Crippen molar-refractivity contribution in [2.24, 2.45) is 34.5 Å². The standard InChI is InChI=1S/C22H34O2/c1-21-12-10-20-18(19(21)8-6-15(21)4-3-13-23)7-5-16-14-17(24)9-11-22(16,20)2/h14-15,18-20,23H,3-13H2,1-2H3/t15?,18-,19-,20+,21+,22-/m0/s1. The zero-order valence-electron chi connectivity index (χ0n) is 15.5. The van der Waals surface area contributed by atoms with Crippen molar-refractivity contribution in [3.05, 3.63) is 11.6 Å². The molecule has 1 unspecified atom stereocenters. The topological polar surface area (TPSA) is 37.3 Å². The lowest BCUT2D eigenvalue weighted by Gasteiger charge is -2.58. The van der Waals surface area contributed by atoms with Gasteiger partial charge in [0.05, 0.1) is 0 Å². The first-order valence-electron chi connectivity index (χ1n) is 10.3. The summed E-state index contributed by atoms with van der Waals surface area (Å²) >= 11 is 0. The smallest absolute Gasteiger partial charge is 0.155 e. The summed E-state index contributed by atoms with van der Waals surface area (Å²) in [4.78, 5) is 11.9. The van der Waals surface area contributed by atoms with Crippen LogP contribution < -0.4 is 0 Å². The van der Waals surface area contributed by atoms with Crippen LogP contribution >= 0.6 is 0 Å². The molecule has 0 radical (unpaired) electrons. The highest BCUT2D eigenvalue weighted by Crippen LogP contribution is 2.67. The van der Waals surface area contributed by atoms with Gasteiger partial charge in [-0.05, 0) is 98.4 Å². The molecule has 134 valence electrons. The van der Waals surface area contributed by atoms with E-state index in [9.17, 15) is 9.90 Å².